The van der Waals surface area contributed by atoms with Crippen LogP contribution in [-0.4, -0.2) is 16.4 Å². The van der Waals surface area contributed by atoms with Gasteiger partial charge in [-0.1, -0.05) is 23.2 Å². The van der Waals surface area contributed by atoms with Crippen molar-refractivity contribution in [3.05, 3.63) is 0 Å². The van der Waals surface area contributed by atoms with Crippen molar-refractivity contribution >= 4 is 34.8 Å². The Morgan fingerprint density at radius 3 is 2.00 bits per heavy atom. The van der Waals surface area contributed by atoms with Crippen LogP contribution in [0.1, 0.15) is 6.92 Å². The molecule has 0 rings (SSSR count). The second kappa shape index (κ2) is 3.09. The minimum Gasteiger partial charge on any atom is -0.248 e. The molecule has 0 amide bonds. The summed E-state index contributed by atoms with van der Waals surface area (Å²) in [6, 6.07) is 0. The molecule has 0 heterocycles. The average Bonchev–Trinajstić information content (AvgIpc) is 1.67. The first-order valence-electron chi connectivity index (χ1n) is 2.08. The van der Waals surface area contributed by atoms with Crippen LogP contribution < -0.4 is 0 Å². The molecule has 4 heteroatoms. The summed E-state index contributed by atoms with van der Waals surface area (Å²) < 4.78 is 10.3. The van der Waals surface area contributed by atoms with Gasteiger partial charge in [0.2, 0.25) is 0 Å². The Morgan fingerprint density at radius 2 is 2.00 bits per heavy atom. The van der Waals surface area contributed by atoms with E-state index in [0.717, 1.165) is 0 Å². The van der Waals surface area contributed by atoms with E-state index in [2.05, 4.69) is 0 Å². The van der Waals surface area contributed by atoms with Crippen molar-refractivity contribution in [2.75, 3.05) is 6.67 Å². The lowest BCUT2D eigenvalue weighted by molar-refractivity contribution is 0.452. The lowest BCUT2D eigenvalue weighted by atomic mass is 10.3. The van der Waals surface area contributed by atoms with Gasteiger partial charge in [0.1, 0.15) is 6.67 Å². The summed E-state index contributed by atoms with van der Waals surface area (Å²) in [6.07, 6.45) is 0. The number of halogens is 4. The molecule has 8 heavy (non-hydrogen) atoms. The first-order chi connectivity index (χ1) is 3.50. The van der Waals surface area contributed by atoms with Crippen LogP contribution in [0.2, 0.25) is 0 Å². The zero-order chi connectivity index (χ0) is 6.78. The van der Waals surface area contributed by atoms with Crippen molar-refractivity contribution in [1.29, 1.82) is 0 Å². The van der Waals surface area contributed by atoms with E-state index in [1.165, 1.54) is 0 Å². The predicted octanol–water partition coefficient (Wildman–Crippen LogP) is 2.76. The number of hydrogen-bond donors (Lipinski definition) is 0. The first kappa shape index (κ1) is 8.80. The van der Waals surface area contributed by atoms with Crippen LogP contribution in [0.15, 0.2) is 0 Å². The molecule has 0 nitrogen and oxygen atoms in total. The SMILES string of the molecule is CC(Cl)C(Cl)(Cl)CF. The van der Waals surface area contributed by atoms with Gasteiger partial charge < -0.3 is 0 Å². The third kappa shape index (κ3) is 2.38. The van der Waals surface area contributed by atoms with Crippen LogP contribution in [-0.2, 0) is 0 Å². The molecule has 50 valence electrons. The Balaban J connectivity index is 3.71. The maximum Gasteiger partial charge on any atom is 0.162 e. The summed E-state index contributed by atoms with van der Waals surface area (Å²) >= 11 is 16.0. The van der Waals surface area contributed by atoms with Gasteiger partial charge in [0.25, 0.3) is 0 Å². The zero-order valence-corrected chi connectivity index (χ0v) is 6.56. The normalized spacial score (nSPS) is 16.1. The van der Waals surface area contributed by atoms with Gasteiger partial charge in [-0.3, -0.25) is 0 Å². The van der Waals surface area contributed by atoms with Crippen molar-refractivity contribution in [3.63, 3.8) is 0 Å². The Hall–Kier alpha value is 0.800. The monoisotopic (exact) mass is 178 g/mol. The molecule has 0 radical (unpaired) electrons. The Morgan fingerprint density at radius 1 is 1.62 bits per heavy atom. The number of hydrogen-bond acceptors (Lipinski definition) is 0. The van der Waals surface area contributed by atoms with Crippen LogP contribution in [0.25, 0.3) is 0 Å². The predicted molar refractivity (Wildman–Crippen MR) is 35.7 cm³/mol. The van der Waals surface area contributed by atoms with Crippen molar-refractivity contribution in [3.8, 4) is 0 Å². The van der Waals surface area contributed by atoms with Gasteiger partial charge in [-0.15, -0.1) is 11.6 Å². The minimum absolute atomic E-state index is 0.559. The van der Waals surface area contributed by atoms with Crippen LogP contribution in [0.5, 0.6) is 0 Å². The smallest absolute Gasteiger partial charge is 0.162 e. The molecule has 0 aromatic carbocycles. The third-order valence-corrected chi connectivity index (χ3v) is 2.21. The third-order valence-electron chi connectivity index (χ3n) is 0.760. The maximum atomic E-state index is 11.7. The molecule has 0 aromatic rings. The van der Waals surface area contributed by atoms with E-state index in [0.29, 0.717) is 0 Å². The highest BCUT2D eigenvalue weighted by molar-refractivity contribution is 6.52. The molecule has 0 aliphatic carbocycles. The van der Waals surface area contributed by atoms with Gasteiger partial charge in [0.05, 0.1) is 5.38 Å². The summed E-state index contributed by atoms with van der Waals surface area (Å²) in [5.41, 5.74) is 0. The molecule has 0 aromatic heterocycles. The Labute approximate surface area is 62.9 Å². The van der Waals surface area contributed by atoms with Crippen LogP contribution in [0.4, 0.5) is 4.39 Å². The van der Waals surface area contributed by atoms with Crippen molar-refractivity contribution in [1.82, 2.24) is 0 Å². The fourth-order valence-corrected chi connectivity index (χ4v) is 0.165. The standard InChI is InChI=1S/C4H6Cl3F/c1-3(5)4(6,7)2-8/h3H,2H2,1H3. The quantitative estimate of drug-likeness (QED) is 0.572. The second-order valence-corrected chi connectivity index (χ2v) is 3.71. The average molecular weight is 179 g/mol. The first-order valence-corrected chi connectivity index (χ1v) is 3.28. The second-order valence-electron chi connectivity index (χ2n) is 1.51. The molecule has 1 atom stereocenters. The fourth-order valence-electron chi connectivity index (χ4n) is 0.106. The van der Waals surface area contributed by atoms with E-state index in [-0.39, 0.29) is 0 Å². The highest BCUT2D eigenvalue weighted by atomic mass is 35.5. The summed E-state index contributed by atoms with van der Waals surface area (Å²) in [5.74, 6) is 0. The molecular formula is C4H6Cl3F. The Kier molecular flexibility index (Phi) is 3.40. The lowest BCUT2D eigenvalue weighted by Gasteiger charge is -2.16. The van der Waals surface area contributed by atoms with Gasteiger partial charge in [-0.25, -0.2) is 4.39 Å². The molecular weight excluding hydrogens is 173 g/mol. The number of alkyl halides is 4. The zero-order valence-electron chi connectivity index (χ0n) is 4.30. The molecule has 0 saturated carbocycles. The van der Waals surface area contributed by atoms with E-state index in [4.69, 9.17) is 34.8 Å². The minimum atomic E-state index is -1.42. The van der Waals surface area contributed by atoms with E-state index in [1.807, 2.05) is 0 Å². The van der Waals surface area contributed by atoms with Crippen LogP contribution in [0.3, 0.4) is 0 Å². The maximum absolute atomic E-state index is 11.7. The van der Waals surface area contributed by atoms with Gasteiger partial charge >= 0.3 is 0 Å². The highest BCUT2D eigenvalue weighted by Gasteiger charge is 2.29. The van der Waals surface area contributed by atoms with E-state index < -0.39 is 16.4 Å². The molecule has 1 unspecified atom stereocenters. The van der Waals surface area contributed by atoms with Crippen LogP contribution >= 0.6 is 34.8 Å². The summed E-state index contributed by atoms with van der Waals surface area (Å²) in [7, 11) is 0. The van der Waals surface area contributed by atoms with Crippen molar-refractivity contribution in [2.24, 2.45) is 0 Å². The van der Waals surface area contributed by atoms with Crippen molar-refractivity contribution in [2.45, 2.75) is 16.6 Å². The Bertz CT molecular complexity index is 71.7. The largest absolute Gasteiger partial charge is 0.248 e. The topological polar surface area (TPSA) is 0 Å². The van der Waals surface area contributed by atoms with Gasteiger partial charge in [-0.05, 0) is 6.92 Å². The van der Waals surface area contributed by atoms with Crippen molar-refractivity contribution < 1.29 is 4.39 Å². The van der Waals surface area contributed by atoms with E-state index >= 15 is 0 Å². The molecule has 0 fully saturated rings. The summed E-state index contributed by atoms with van der Waals surface area (Å²) in [5, 5.41) is -0.559. The van der Waals surface area contributed by atoms with E-state index in [9.17, 15) is 4.39 Å². The fraction of sp³-hybridized carbons (Fsp3) is 1.00. The van der Waals surface area contributed by atoms with E-state index in [1.54, 1.807) is 6.92 Å². The molecule has 0 aliphatic rings. The molecule has 0 N–H and O–H groups in total. The van der Waals surface area contributed by atoms with Gasteiger partial charge in [0.15, 0.2) is 4.33 Å². The number of rotatable bonds is 2. The van der Waals surface area contributed by atoms with Gasteiger partial charge in [0, 0.05) is 0 Å². The highest BCUT2D eigenvalue weighted by Crippen LogP contribution is 2.29. The molecule has 0 bridgehead atoms. The lowest BCUT2D eigenvalue weighted by Crippen LogP contribution is -2.25. The van der Waals surface area contributed by atoms with Gasteiger partial charge in [-0.2, -0.15) is 0 Å². The summed E-state index contributed by atoms with van der Waals surface area (Å²) in [6.45, 7) is 0.724. The summed E-state index contributed by atoms with van der Waals surface area (Å²) in [4.78, 5) is 0. The molecule has 0 saturated heterocycles. The molecule has 0 spiro atoms. The van der Waals surface area contributed by atoms with Crippen LogP contribution in [0, 0.1) is 0 Å². The molecule has 0 aliphatic heterocycles.